The average molecular weight is 368 g/mol. The molecule has 6 nitrogen and oxygen atoms in total. The zero-order valence-electron chi connectivity index (χ0n) is 13.6. The molecule has 0 saturated heterocycles. The molecule has 0 unspecified atom stereocenters. The second-order valence-electron chi connectivity index (χ2n) is 5.54. The minimum atomic E-state index is -4.06. The molecule has 0 heterocycles. The van der Waals surface area contributed by atoms with E-state index in [-0.39, 0.29) is 21.8 Å². The van der Waals surface area contributed by atoms with Gasteiger partial charge in [0.25, 0.3) is 10.0 Å². The highest BCUT2D eigenvalue weighted by atomic mass is 32.2. The molecule has 0 aliphatic carbocycles. The fourth-order valence-electron chi connectivity index (χ4n) is 2.67. The molecule has 0 aromatic heterocycles. The maximum atomic E-state index is 13.1. The summed E-state index contributed by atoms with van der Waals surface area (Å²) in [5.74, 6) is 4.69. The lowest BCUT2D eigenvalue weighted by Crippen LogP contribution is -2.31. The summed E-state index contributed by atoms with van der Waals surface area (Å²) in [5.41, 5.74) is 1.44. The number of benzene rings is 3. The number of sulfonamides is 1. The molecule has 0 saturated carbocycles. The summed E-state index contributed by atoms with van der Waals surface area (Å²) in [6.07, 6.45) is 0. The second kappa shape index (κ2) is 7.09. The standard InChI is InChI=1S/C19H16N2O4S/c20-21-26(24,25)17-8-4-7-16(13-5-2-1-3-6-13)18(17)19(23)14-9-11-15(22)12-10-14/h1-12,21-22H,20H2. The van der Waals surface area contributed by atoms with Crippen LogP contribution in [0.4, 0.5) is 0 Å². The highest BCUT2D eigenvalue weighted by Crippen LogP contribution is 2.31. The van der Waals surface area contributed by atoms with E-state index in [1.807, 2.05) is 6.07 Å². The molecule has 3 rings (SSSR count). The van der Waals surface area contributed by atoms with E-state index in [1.54, 1.807) is 41.2 Å². The van der Waals surface area contributed by atoms with Crippen molar-refractivity contribution < 1.29 is 18.3 Å². The molecule has 26 heavy (non-hydrogen) atoms. The number of phenolic OH excluding ortho intramolecular Hbond substituents is 1. The van der Waals surface area contributed by atoms with E-state index >= 15 is 0 Å². The smallest absolute Gasteiger partial charge is 0.253 e. The lowest BCUT2D eigenvalue weighted by Gasteiger charge is -2.14. The molecule has 3 aromatic rings. The number of hydrazine groups is 1. The van der Waals surface area contributed by atoms with Crippen LogP contribution >= 0.6 is 0 Å². The van der Waals surface area contributed by atoms with Crippen LogP contribution in [-0.4, -0.2) is 19.3 Å². The third-order valence-corrected chi connectivity index (χ3v) is 5.14. The summed E-state index contributed by atoms with van der Waals surface area (Å²) in [6.45, 7) is 0. The van der Waals surface area contributed by atoms with Gasteiger partial charge in [0, 0.05) is 5.56 Å². The van der Waals surface area contributed by atoms with Crippen LogP contribution in [0.5, 0.6) is 5.75 Å². The van der Waals surface area contributed by atoms with Gasteiger partial charge in [0.1, 0.15) is 5.75 Å². The molecular formula is C19H16N2O4S. The first kappa shape index (κ1) is 17.8. The highest BCUT2D eigenvalue weighted by Gasteiger charge is 2.26. The van der Waals surface area contributed by atoms with Gasteiger partial charge in [0.15, 0.2) is 5.78 Å². The number of hydrogen-bond acceptors (Lipinski definition) is 5. The number of nitrogens with two attached hydrogens (primary N) is 1. The Morgan fingerprint density at radius 2 is 1.54 bits per heavy atom. The first-order chi connectivity index (χ1) is 12.4. The number of ketones is 1. The number of nitrogens with one attached hydrogen (secondary N) is 1. The molecule has 0 amide bonds. The Balaban J connectivity index is 2.29. The molecule has 3 aromatic carbocycles. The molecular weight excluding hydrogens is 352 g/mol. The summed E-state index contributed by atoms with van der Waals surface area (Å²) >= 11 is 0. The van der Waals surface area contributed by atoms with Gasteiger partial charge in [-0.05, 0) is 41.5 Å². The van der Waals surface area contributed by atoms with Gasteiger partial charge >= 0.3 is 0 Å². The van der Waals surface area contributed by atoms with Gasteiger partial charge in [0.2, 0.25) is 0 Å². The molecule has 0 spiro atoms. The Bertz CT molecular complexity index is 1050. The number of carbonyl (C=O) groups is 1. The number of rotatable bonds is 5. The Morgan fingerprint density at radius 3 is 2.15 bits per heavy atom. The van der Waals surface area contributed by atoms with Crippen molar-refractivity contribution in [2.45, 2.75) is 4.90 Å². The number of carbonyl (C=O) groups excluding carboxylic acids is 1. The topological polar surface area (TPSA) is 109 Å². The van der Waals surface area contributed by atoms with Crippen LogP contribution in [0, 0.1) is 0 Å². The Morgan fingerprint density at radius 1 is 0.885 bits per heavy atom. The Kier molecular flexibility index (Phi) is 4.85. The molecule has 4 N–H and O–H groups in total. The van der Waals surface area contributed by atoms with Gasteiger partial charge in [-0.3, -0.25) is 10.6 Å². The highest BCUT2D eigenvalue weighted by molar-refractivity contribution is 7.89. The lowest BCUT2D eigenvalue weighted by molar-refractivity contribution is 0.103. The van der Waals surface area contributed by atoms with Crippen LogP contribution in [0.15, 0.2) is 77.7 Å². The van der Waals surface area contributed by atoms with Crippen molar-refractivity contribution in [3.8, 4) is 16.9 Å². The van der Waals surface area contributed by atoms with E-state index in [0.717, 1.165) is 0 Å². The van der Waals surface area contributed by atoms with Crippen molar-refractivity contribution >= 4 is 15.8 Å². The number of hydrogen-bond donors (Lipinski definition) is 3. The van der Waals surface area contributed by atoms with Crippen molar-refractivity contribution in [3.63, 3.8) is 0 Å². The predicted molar refractivity (Wildman–Crippen MR) is 97.9 cm³/mol. The van der Waals surface area contributed by atoms with E-state index in [1.165, 1.54) is 30.3 Å². The van der Waals surface area contributed by atoms with Gasteiger partial charge in [0.05, 0.1) is 10.5 Å². The Labute approximate surface area is 150 Å². The van der Waals surface area contributed by atoms with E-state index < -0.39 is 15.8 Å². The minimum absolute atomic E-state index is 0.00867. The zero-order valence-corrected chi connectivity index (χ0v) is 14.4. The molecule has 0 aliphatic heterocycles. The van der Waals surface area contributed by atoms with Crippen molar-refractivity contribution in [1.82, 2.24) is 4.83 Å². The fraction of sp³-hybridized carbons (Fsp3) is 0. The van der Waals surface area contributed by atoms with Crippen LogP contribution in [0.1, 0.15) is 15.9 Å². The summed E-state index contributed by atoms with van der Waals surface area (Å²) < 4.78 is 24.7. The predicted octanol–water partition coefficient (Wildman–Crippen LogP) is 2.44. The van der Waals surface area contributed by atoms with Crippen LogP contribution in [0.2, 0.25) is 0 Å². The van der Waals surface area contributed by atoms with Gasteiger partial charge in [-0.15, -0.1) is 0 Å². The van der Waals surface area contributed by atoms with E-state index in [9.17, 15) is 18.3 Å². The minimum Gasteiger partial charge on any atom is -0.508 e. The number of aromatic hydroxyl groups is 1. The van der Waals surface area contributed by atoms with Crippen LogP contribution in [0.3, 0.4) is 0 Å². The van der Waals surface area contributed by atoms with E-state index in [0.29, 0.717) is 11.1 Å². The normalized spacial score (nSPS) is 11.3. The van der Waals surface area contributed by atoms with Crippen molar-refractivity contribution in [1.29, 1.82) is 0 Å². The molecule has 0 aliphatic rings. The average Bonchev–Trinajstić information content (AvgIpc) is 2.68. The maximum Gasteiger partial charge on any atom is 0.253 e. The van der Waals surface area contributed by atoms with Crippen molar-refractivity contribution in [3.05, 3.63) is 83.9 Å². The quantitative estimate of drug-likeness (QED) is 0.364. The first-order valence-electron chi connectivity index (χ1n) is 7.68. The molecule has 7 heteroatoms. The van der Waals surface area contributed by atoms with Gasteiger partial charge in [-0.25, -0.2) is 8.42 Å². The summed E-state index contributed by atoms with van der Waals surface area (Å²) in [7, 11) is -4.06. The van der Waals surface area contributed by atoms with Crippen molar-refractivity contribution in [2.75, 3.05) is 0 Å². The van der Waals surface area contributed by atoms with Crippen molar-refractivity contribution in [2.24, 2.45) is 5.84 Å². The molecule has 0 radical (unpaired) electrons. The molecule has 0 fully saturated rings. The number of phenols is 1. The lowest BCUT2D eigenvalue weighted by atomic mass is 9.94. The second-order valence-corrected chi connectivity index (χ2v) is 7.22. The van der Waals surface area contributed by atoms with Gasteiger partial charge in [-0.1, -0.05) is 42.5 Å². The molecule has 132 valence electrons. The fourth-order valence-corrected chi connectivity index (χ4v) is 3.52. The van der Waals surface area contributed by atoms with Crippen LogP contribution in [0.25, 0.3) is 11.1 Å². The monoisotopic (exact) mass is 368 g/mol. The summed E-state index contributed by atoms with van der Waals surface area (Å²) in [4.78, 5) is 14.7. The largest absolute Gasteiger partial charge is 0.508 e. The van der Waals surface area contributed by atoms with Gasteiger partial charge in [-0.2, -0.15) is 4.83 Å². The third kappa shape index (κ3) is 3.36. The molecule has 0 bridgehead atoms. The molecule has 0 atom stereocenters. The zero-order chi connectivity index (χ0) is 18.7. The van der Waals surface area contributed by atoms with E-state index in [4.69, 9.17) is 5.84 Å². The van der Waals surface area contributed by atoms with Gasteiger partial charge < -0.3 is 5.11 Å². The summed E-state index contributed by atoms with van der Waals surface area (Å²) in [6, 6.07) is 19.2. The maximum absolute atomic E-state index is 13.1. The van der Waals surface area contributed by atoms with E-state index in [2.05, 4.69) is 0 Å². The summed E-state index contributed by atoms with van der Waals surface area (Å²) in [5, 5.41) is 9.43. The SMILES string of the molecule is NNS(=O)(=O)c1cccc(-c2ccccc2)c1C(=O)c1ccc(O)cc1. The Hall–Kier alpha value is -3.00. The third-order valence-electron chi connectivity index (χ3n) is 3.91. The first-order valence-corrected chi connectivity index (χ1v) is 9.17. The van der Waals surface area contributed by atoms with Crippen LogP contribution in [-0.2, 0) is 10.0 Å². The van der Waals surface area contributed by atoms with Crippen LogP contribution < -0.4 is 10.7 Å².